The number of nitrogens with one attached hydrogen (secondary N) is 2. The molecule has 2 fully saturated rings. The normalized spacial score (nSPS) is 23.4. The van der Waals surface area contributed by atoms with Gasteiger partial charge in [0.25, 0.3) is 0 Å². The van der Waals surface area contributed by atoms with Crippen molar-refractivity contribution in [2.24, 2.45) is 11.7 Å². The summed E-state index contributed by atoms with van der Waals surface area (Å²) in [7, 11) is 1.76. The summed E-state index contributed by atoms with van der Waals surface area (Å²) in [5.41, 5.74) is 10.1. The van der Waals surface area contributed by atoms with Crippen LogP contribution in [0.1, 0.15) is 18.9 Å². The van der Waals surface area contributed by atoms with Gasteiger partial charge in [-0.3, -0.25) is 0 Å². The molecular formula is C24H24FN9O. The van der Waals surface area contributed by atoms with Crippen molar-refractivity contribution < 1.29 is 9.13 Å². The first-order chi connectivity index (χ1) is 16.9. The smallest absolute Gasteiger partial charge is 0.326 e. The van der Waals surface area contributed by atoms with Gasteiger partial charge in [0, 0.05) is 30.1 Å². The topological polar surface area (TPSA) is 122 Å². The summed E-state index contributed by atoms with van der Waals surface area (Å²) < 4.78 is 22.3. The molecule has 4 N–H and O–H groups in total. The van der Waals surface area contributed by atoms with E-state index in [1.807, 2.05) is 6.92 Å². The highest BCUT2D eigenvalue weighted by Gasteiger charge is 2.63. The number of rotatable bonds is 4. The SMILES string of the molecule is CNc1cc(F)cc2c1[nH]c1nc(Oc3cnc4c(C)cnn4c3)nc(N3C[C@@H](C)[C@@]4(N)C[C@H]34)c12. The molecule has 0 spiro atoms. The number of ether oxygens (including phenoxy) is 1. The zero-order valence-corrected chi connectivity index (χ0v) is 19.5. The maximum absolute atomic E-state index is 14.5. The van der Waals surface area contributed by atoms with Gasteiger partial charge in [-0.05, 0) is 31.4 Å². The van der Waals surface area contributed by atoms with E-state index >= 15 is 0 Å². The highest BCUT2D eigenvalue weighted by Crippen LogP contribution is 2.53. The fraction of sp³-hybridized carbons (Fsp3) is 0.333. The van der Waals surface area contributed by atoms with E-state index in [1.54, 1.807) is 30.2 Å². The number of hydrogen-bond donors (Lipinski definition) is 3. The number of nitrogens with zero attached hydrogens (tertiary/aromatic N) is 6. The van der Waals surface area contributed by atoms with E-state index in [-0.39, 0.29) is 23.4 Å². The number of aromatic amines is 1. The maximum atomic E-state index is 14.5. The van der Waals surface area contributed by atoms with Crippen LogP contribution in [0.5, 0.6) is 11.8 Å². The van der Waals surface area contributed by atoms with Gasteiger partial charge < -0.3 is 25.7 Å². The lowest BCUT2D eigenvalue weighted by Gasteiger charge is -2.21. The Hall–Kier alpha value is -3.99. The first-order valence-electron chi connectivity index (χ1n) is 11.6. The third-order valence-electron chi connectivity index (χ3n) is 7.52. The number of aryl methyl sites for hydroxylation is 1. The van der Waals surface area contributed by atoms with Crippen LogP contribution in [0.4, 0.5) is 15.9 Å². The monoisotopic (exact) mass is 473 g/mol. The summed E-state index contributed by atoms with van der Waals surface area (Å²) in [4.78, 5) is 19.5. The Bertz CT molecular complexity index is 1660. The first kappa shape index (κ1) is 20.4. The quantitative estimate of drug-likeness (QED) is 0.363. The fourth-order valence-electron chi connectivity index (χ4n) is 5.44. The molecule has 10 nitrogen and oxygen atoms in total. The van der Waals surface area contributed by atoms with Crippen molar-refractivity contribution in [1.29, 1.82) is 0 Å². The number of nitrogens with two attached hydrogens (primary N) is 1. The lowest BCUT2D eigenvalue weighted by atomic mass is 10.0. The minimum Gasteiger partial charge on any atom is -0.421 e. The van der Waals surface area contributed by atoms with Crippen LogP contribution in [0, 0.1) is 18.7 Å². The molecule has 0 radical (unpaired) electrons. The molecule has 178 valence electrons. The van der Waals surface area contributed by atoms with Crippen molar-refractivity contribution in [3.63, 3.8) is 0 Å². The lowest BCUT2D eigenvalue weighted by Crippen LogP contribution is -2.30. The second-order valence-corrected chi connectivity index (χ2v) is 9.68. The Labute approximate surface area is 199 Å². The van der Waals surface area contributed by atoms with Crippen molar-refractivity contribution in [3.8, 4) is 11.8 Å². The number of anilines is 2. The van der Waals surface area contributed by atoms with Gasteiger partial charge in [-0.25, -0.2) is 13.9 Å². The highest BCUT2D eigenvalue weighted by molar-refractivity contribution is 6.14. The molecular weight excluding hydrogens is 449 g/mol. The predicted octanol–water partition coefficient (Wildman–Crippen LogP) is 3.36. The van der Waals surface area contributed by atoms with Crippen LogP contribution in [0.25, 0.3) is 27.6 Å². The minimum atomic E-state index is -0.336. The number of piperidine rings is 1. The molecule has 11 heteroatoms. The maximum Gasteiger partial charge on any atom is 0.326 e. The highest BCUT2D eigenvalue weighted by atomic mass is 19.1. The fourth-order valence-corrected chi connectivity index (χ4v) is 5.44. The van der Waals surface area contributed by atoms with Crippen molar-refractivity contribution in [1.82, 2.24) is 29.5 Å². The number of halogens is 1. The molecule has 3 atom stereocenters. The molecule has 1 aromatic carbocycles. The lowest BCUT2D eigenvalue weighted by molar-refractivity contribution is 0.438. The largest absolute Gasteiger partial charge is 0.421 e. The summed E-state index contributed by atoms with van der Waals surface area (Å²) in [5, 5.41) is 8.83. The van der Waals surface area contributed by atoms with Gasteiger partial charge in [-0.2, -0.15) is 15.1 Å². The van der Waals surface area contributed by atoms with Gasteiger partial charge in [0.05, 0.1) is 41.2 Å². The molecule has 2 aliphatic rings. The van der Waals surface area contributed by atoms with Crippen molar-refractivity contribution in [2.75, 3.05) is 23.8 Å². The first-order valence-corrected chi connectivity index (χ1v) is 11.6. The molecule has 1 saturated carbocycles. The Morgan fingerprint density at radius 2 is 2.14 bits per heavy atom. The Balaban J connectivity index is 1.42. The zero-order chi connectivity index (χ0) is 24.1. The number of hydrogen-bond acceptors (Lipinski definition) is 8. The zero-order valence-electron chi connectivity index (χ0n) is 19.5. The van der Waals surface area contributed by atoms with E-state index in [2.05, 4.69) is 37.2 Å². The molecule has 35 heavy (non-hydrogen) atoms. The van der Waals surface area contributed by atoms with E-state index in [9.17, 15) is 4.39 Å². The average molecular weight is 474 g/mol. The second-order valence-electron chi connectivity index (χ2n) is 9.68. The van der Waals surface area contributed by atoms with Gasteiger partial charge in [-0.15, -0.1) is 0 Å². The summed E-state index contributed by atoms with van der Waals surface area (Å²) >= 11 is 0. The number of H-pyrrole nitrogens is 1. The van der Waals surface area contributed by atoms with Crippen molar-refractivity contribution in [2.45, 2.75) is 31.8 Å². The molecule has 1 aliphatic heterocycles. The van der Waals surface area contributed by atoms with E-state index < -0.39 is 0 Å². The van der Waals surface area contributed by atoms with Crippen LogP contribution >= 0.6 is 0 Å². The summed E-state index contributed by atoms with van der Waals surface area (Å²) in [6.45, 7) is 4.87. The van der Waals surface area contributed by atoms with Crippen LogP contribution in [0.2, 0.25) is 0 Å². The molecule has 1 saturated heterocycles. The van der Waals surface area contributed by atoms with Gasteiger partial charge in [0.2, 0.25) is 0 Å². The van der Waals surface area contributed by atoms with Crippen molar-refractivity contribution >= 4 is 39.1 Å². The molecule has 0 bridgehead atoms. The summed E-state index contributed by atoms with van der Waals surface area (Å²) in [5.74, 6) is 1.12. The van der Waals surface area contributed by atoms with E-state index in [0.29, 0.717) is 34.2 Å². The van der Waals surface area contributed by atoms with Crippen LogP contribution < -0.4 is 20.7 Å². The van der Waals surface area contributed by atoms with Crippen LogP contribution in [0.15, 0.2) is 30.7 Å². The van der Waals surface area contributed by atoms with Gasteiger partial charge in [0.15, 0.2) is 11.4 Å². The third-order valence-corrected chi connectivity index (χ3v) is 7.52. The van der Waals surface area contributed by atoms with E-state index in [0.717, 1.165) is 35.1 Å². The standard InChI is InChI=1S/C24H24FN9O/c1-11-7-29-34-10-14(8-28-21(11)34)35-23-31-20-18(15-4-13(25)5-16(27-3)19(15)30-20)22(32-23)33-9-12(2)24(26)6-17(24)33/h4-5,7-8,10,12,17,27H,6,9,26H2,1-3H3,(H,30,31,32)/t12-,17+,24+/m1/s1. The predicted molar refractivity (Wildman–Crippen MR) is 131 cm³/mol. The van der Waals surface area contributed by atoms with Gasteiger partial charge >= 0.3 is 6.01 Å². The van der Waals surface area contributed by atoms with Gasteiger partial charge in [0.1, 0.15) is 17.3 Å². The van der Waals surface area contributed by atoms with Crippen molar-refractivity contribution in [3.05, 3.63) is 42.1 Å². The van der Waals surface area contributed by atoms with E-state index in [4.69, 9.17) is 15.5 Å². The minimum absolute atomic E-state index is 0.165. The Morgan fingerprint density at radius 1 is 1.29 bits per heavy atom. The molecule has 4 aromatic heterocycles. The van der Waals surface area contributed by atoms with Crippen LogP contribution in [-0.2, 0) is 0 Å². The molecule has 5 heterocycles. The van der Waals surface area contributed by atoms with E-state index in [1.165, 1.54) is 12.1 Å². The van der Waals surface area contributed by atoms with Gasteiger partial charge in [-0.1, -0.05) is 6.92 Å². The summed E-state index contributed by atoms with van der Waals surface area (Å²) in [6, 6.07) is 3.32. The number of fused-ring (bicyclic) bond motifs is 5. The third kappa shape index (κ3) is 2.84. The Kier molecular flexibility index (Phi) is 3.95. The molecule has 5 aromatic rings. The number of benzene rings is 1. The molecule has 1 aliphatic carbocycles. The molecule has 0 amide bonds. The van der Waals surface area contributed by atoms with Crippen LogP contribution in [-0.4, -0.2) is 54.7 Å². The number of aromatic nitrogens is 6. The van der Waals surface area contributed by atoms with Crippen LogP contribution in [0.3, 0.4) is 0 Å². The second kappa shape index (κ2) is 6.79. The summed E-state index contributed by atoms with van der Waals surface area (Å²) in [6.07, 6.45) is 6.01. The molecule has 7 rings (SSSR count). The Morgan fingerprint density at radius 3 is 2.89 bits per heavy atom. The average Bonchev–Trinajstić information content (AvgIpc) is 3.08. The molecule has 0 unspecified atom stereocenters.